The molecule has 0 N–H and O–H groups in total. The molecule has 0 aliphatic carbocycles. The number of halogens is 3. The van der Waals surface area contributed by atoms with Gasteiger partial charge in [0.25, 0.3) is 5.69 Å². The standard InChI is InChI=1S/C19H15Cl3N2O3/c1-18(2)12-8-10(20)4-5-14(12)23(3)19(18)7-6-11-16(22)15(24(25)26)9-13(21)17(11)27-19/h4-9H,1-3H3. The van der Waals surface area contributed by atoms with Gasteiger partial charge in [0, 0.05) is 29.4 Å². The van der Waals surface area contributed by atoms with Crippen molar-refractivity contribution in [1.29, 1.82) is 0 Å². The molecular weight excluding hydrogens is 411 g/mol. The molecule has 8 heteroatoms. The first-order valence-electron chi connectivity index (χ1n) is 8.18. The number of hydrogen-bond donors (Lipinski definition) is 0. The van der Waals surface area contributed by atoms with Crippen molar-refractivity contribution in [3.63, 3.8) is 0 Å². The number of anilines is 1. The molecule has 0 aromatic heterocycles. The van der Waals surface area contributed by atoms with E-state index in [1.54, 1.807) is 6.08 Å². The molecule has 5 nitrogen and oxygen atoms in total. The number of nitro benzene ring substituents is 1. The van der Waals surface area contributed by atoms with Crippen molar-refractivity contribution in [2.45, 2.75) is 25.0 Å². The minimum atomic E-state index is -0.879. The first-order chi connectivity index (χ1) is 12.6. The van der Waals surface area contributed by atoms with Crippen LogP contribution in [0.1, 0.15) is 25.0 Å². The third-order valence-electron chi connectivity index (χ3n) is 5.50. The van der Waals surface area contributed by atoms with Crippen LogP contribution in [0.25, 0.3) is 6.08 Å². The number of hydrogen-bond acceptors (Lipinski definition) is 4. The van der Waals surface area contributed by atoms with Crippen LogP contribution in [-0.4, -0.2) is 17.7 Å². The van der Waals surface area contributed by atoms with Gasteiger partial charge in [-0.25, -0.2) is 0 Å². The van der Waals surface area contributed by atoms with Crippen molar-refractivity contribution in [2.24, 2.45) is 0 Å². The summed E-state index contributed by atoms with van der Waals surface area (Å²) in [5.74, 6) is 0.327. The van der Waals surface area contributed by atoms with E-state index in [1.165, 1.54) is 6.07 Å². The minimum absolute atomic E-state index is 0.00418. The number of nitrogens with zero attached hydrogens (tertiary/aromatic N) is 2. The van der Waals surface area contributed by atoms with Crippen molar-refractivity contribution in [2.75, 3.05) is 11.9 Å². The Bertz CT molecular complexity index is 1040. The molecule has 1 unspecified atom stereocenters. The largest absolute Gasteiger partial charge is 0.461 e. The average molecular weight is 426 g/mol. The fourth-order valence-corrected chi connectivity index (χ4v) is 4.68. The topological polar surface area (TPSA) is 55.6 Å². The minimum Gasteiger partial charge on any atom is -0.461 e. The zero-order valence-electron chi connectivity index (χ0n) is 14.7. The first kappa shape index (κ1) is 18.4. The third-order valence-corrected chi connectivity index (χ3v) is 6.42. The number of nitro groups is 1. The molecule has 1 atom stereocenters. The lowest BCUT2D eigenvalue weighted by Crippen LogP contribution is -2.58. The van der Waals surface area contributed by atoms with E-state index >= 15 is 0 Å². The summed E-state index contributed by atoms with van der Waals surface area (Å²) in [6, 6.07) is 6.94. The molecule has 2 aliphatic heterocycles. The lowest BCUT2D eigenvalue weighted by molar-refractivity contribution is -0.384. The second kappa shape index (κ2) is 5.77. The van der Waals surface area contributed by atoms with Crippen LogP contribution in [0.2, 0.25) is 15.1 Å². The molecule has 2 heterocycles. The zero-order valence-corrected chi connectivity index (χ0v) is 17.0. The van der Waals surface area contributed by atoms with Crippen molar-refractivity contribution in [3.8, 4) is 5.75 Å². The number of benzene rings is 2. The normalized spacial score (nSPS) is 21.8. The van der Waals surface area contributed by atoms with Crippen molar-refractivity contribution in [1.82, 2.24) is 0 Å². The fraction of sp³-hybridized carbons (Fsp3) is 0.263. The van der Waals surface area contributed by atoms with Gasteiger partial charge in [0.05, 0.1) is 15.4 Å². The van der Waals surface area contributed by atoms with E-state index in [4.69, 9.17) is 39.5 Å². The zero-order chi connectivity index (χ0) is 19.7. The maximum absolute atomic E-state index is 11.2. The molecule has 27 heavy (non-hydrogen) atoms. The molecule has 0 fully saturated rings. The number of fused-ring (bicyclic) bond motifs is 2. The SMILES string of the molecule is CN1c2ccc(Cl)cc2C(C)(C)C12C=Cc1c(Cl)c([N+](=O)[O-])cc(Cl)c1O2. The van der Waals surface area contributed by atoms with Gasteiger partial charge in [-0.3, -0.25) is 10.1 Å². The Morgan fingerprint density at radius 2 is 1.89 bits per heavy atom. The summed E-state index contributed by atoms with van der Waals surface area (Å²) in [6.07, 6.45) is 3.61. The Morgan fingerprint density at radius 1 is 1.19 bits per heavy atom. The van der Waals surface area contributed by atoms with Gasteiger partial charge in [-0.1, -0.05) is 34.8 Å². The van der Waals surface area contributed by atoms with Gasteiger partial charge in [0.2, 0.25) is 5.72 Å². The molecule has 0 saturated carbocycles. The summed E-state index contributed by atoms with van der Waals surface area (Å²) < 4.78 is 6.43. The van der Waals surface area contributed by atoms with Crippen molar-refractivity contribution < 1.29 is 9.66 Å². The number of ether oxygens (including phenoxy) is 1. The monoisotopic (exact) mass is 424 g/mol. The summed E-state index contributed by atoms with van der Waals surface area (Å²) >= 11 is 18.8. The van der Waals surface area contributed by atoms with Gasteiger partial charge in [-0.15, -0.1) is 0 Å². The Kier molecular flexibility index (Phi) is 3.94. The molecule has 0 bridgehead atoms. The van der Waals surface area contributed by atoms with E-state index in [9.17, 15) is 10.1 Å². The van der Waals surface area contributed by atoms with E-state index in [1.807, 2.05) is 36.2 Å². The predicted octanol–water partition coefficient (Wildman–Crippen LogP) is 6.08. The lowest BCUT2D eigenvalue weighted by atomic mass is 9.76. The quantitative estimate of drug-likeness (QED) is 0.410. The lowest BCUT2D eigenvalue weighted by Gasteiger charge is -2.46. The van der Waals surface area contributed by atoms with Crippen LogP contribution in [0.15, 0.2) is 30.3 Å². The Labute approximate surface area is 171 Å². The van der Waals surface area contributed by atoms with Crippen LogP contribution in [0, 0.1) is 10.1 Å². The van der Waals surface area contributed by atoms with Gasteiger partial charge in [-0.2, -0.15) is 0 Å². The van der Waals surface area contributed by atoms with Crippen LogP contribution in [0.3, 0.4) is 0 Å². The first-order valence-corrected chi connectivity index (χ1v) is 9.32. The summed E-state index contributed by atoms with van der Waals surface area (Å²) in [5, 5.41) is 12.0. The van der Waals surface area contributed by atoms with E-state index in [0.29, 0.717) is 16.3 Å². The van der Waals surface area contributed by atoms with E-state index in [2.05, 4.69) is 13.8 Å². The van der Waals surface area contributed by atoms with E-state index in [-0.39, 0.29) is 15.7 Å². The highest BCUT2D eigenvalue weighted by Gasteiger charge is 2.58. The van der Waals surface area contributed by atoms with Gasteiger partial charge < -0.3 is 9.64 Å². The molecule has 4 rings (SSSR count). The molecule has 0 amide bonds. The highest BCUT2D eigenvalue weighted by atomic mass is 35.5. The summed E-state index contributed by atoms with van der Waals surface area (Å²) in [7, 11) is 1.93. The van der Waals surface area contributed by atoms with Gasteiger partial charge >= 0.3 is 0 Å². The Morgan fingerprint density at radius 3 is 2.56 bits per heavy atom. The van der Waals surface area contributed by atoms with Gasteiger partial charge in [0.15, 0.2) is 5.75 Å². The smallest absolute Gasteiger partial charge is 0.290 e. The third kappa shape index (κ3) is 2.32. The number of rotatable bonds is 1. The molecular formula is C19H15Cl3N2O3. The molecule has 2 aliphatic rings. The van der Waals surface area contributed by atoms with E-state index in [0.717, 1.165) is 11.3 Å². The Hall–Kier alpha value is -1.95. The highest BCUT2D eigenvalue weighted by Crippen LogP contribution is 2.56. The second-order valence-electron chi connectivity index (χ2n) is 7.17. The molecule has 0 saturated heterocycles. The molecule has 1 spiro atoms. The maximum atomic E-state index is 11.2. The van der Waals surface area contributed by atoms with Crippen LogP contribution >= 0.6 is 34.8 Å². The average Bonchev–Trinajstić information content (AvgIpc) is 2.76. The van der Waals surface area contributed by atoms with Crippen LogP contribution in [0.5, 0.6) is 5.75 Å². The summed E-state index contributed by atoms with van der Waals surface area (Å²) in [6.45, 7) is 4.11. The van der Waals surface area contributed by atoms with Crippen LogP contribution < -0.4 is 9.64 Å². The molecule has 2 aromatic carbocycles. The summed E-state index contributed by atoms with van der Waals surface area (Å²) in [5.41, 5.74) is 0.818. The highest BCUT2D eigenvalue weighted by molar-refractivity contribution is 6.37. The van der Waals surface area contributed by atoms with Crippen LogP contribution in [0.4, 0.5) is 11.4 Å². The Balaban J connectivity index is 1.92. The molecule has 0 radical (unpaired) electrons. The fourth-order valence-electron chi connectivity index (χ4n) is 4.00. The second-order valence-corrected chi connectivity index (χ2v) is 8.39. The van der Waals surface area contributed by atoms with Crippen molar-refractivity contribution in [3.05, 3.63) is 66.7 Å². The predicted molar refractivity (Wildman–Crippen MR) is 108 cm³/mol. The van der Waals surface area contributed by atoms with E-state index < -0.39 is 16.1 Å². The molecule has 140 valence electrons. The number of likely N-dealkylation sites (N-methyl/N-ethyl adjacent to an activating group) is 1. The molecule has 2 aromatic rings. The van der Waals surface area contributed by atoms with Gasteiger partial charge in [0.1, 0.15) is 5.02 Å². The van der Waals surface area contributed by atoms with Crippen LogP contribution in [-0.2, 0) is 5.41 Å². The summed E-state index contributed by atoms with van der Waals surface area (Å²) in [4.78, 5) is 12.7. The maximum Gasteiger partial charge on any atom is 0.290 e. The van der Waals surface area contributed by atoms with Crippen molar-refractivity contribution >= 4 is 52.3 Å². The van der Waals surface area contributed by atoms with Gasteiger partial charge in [-0.05, 0) is 49.8 Å².